The molecule has 7 heteroatoms. The van der Waals surface area contributed by atoms with Crippen LogP contribution in [0.15, 0.2) is 12.1 Å². The summed E-state index contributed by atoms with van der Waals surface area (Å²) in [6.45, 7) is 1.84. The smallest absolute Gasteiger partial charge is 0.306 e. The Morgan fingerprint density at radius 3 is 2.74 bits per heavy atom. The molecule has 0 unspecified atom stereocenters. The number of amides is 1. The van der Waals surface area contributed by atoms with Crippen LogP contribution in [0, 0.1) is 0 Å². The Kier molecular flexibility index (Phi) is 6.31. The van der Waals surface area contributed by atoms with Crippen molar-refractivity contribution in [2.45, 2.75) is 63.4 Å². The van der Waals surface area contributed by atoms with E-state index in [1.807, 2.05) is 0 Å². The number of pyridine rings is 1. The van der Waals surface area contributed by atoms with E-state index in [4.69, 9.17) is 5.11 Å². The van der Waals surface area contributed by atoms with Gasteiger partial charge in [0.1, 0.15) is 5.82 Å². The second-order valence-corrected chi connectivity index (χ2v) is 7.72. The van der Waals surface area contributed by atoms with Crippen LogP contribution in [0.1, 0.15) is 56.2 Å². The molecule has 1 fully saturated rings. The van der Waals surface area contributed by atoms with Gasteiger partial charge in [0.25, 0.3) is 0 Å². The van der Waals surface area contributed by atoms with E-state index in [0.717, 1.165) is 50.2 Å². The molecule has 0 saturated carbocycles. The van der Waals surface area contributed by atoms with Crippen LogP contribution in [-0.2, 0) is 22.4 Å². The first-order valence-electron chi connectivity index (χ1n) is 9.90. The average molecular weight is 375 g/mol. The maximum Gasteiger partial charge on any atom is 0.306 e. The fourth-order valence-electron chi connectivity index (χ4n) is 3.88. The molecule has 0 atom stereocenters. The largest absolute Gasteiger partial charge is 0.481 e. The first-order valence-corrected chi connectivity index (χ1v) is 9.90. The van der Waals surface area contributed by atoms with Crippen LogP contribution in [0.2, 0.25) is 0 Å². The first-order chi connectivity index (χ1) is 13.0. The van der Waals surface area contributed by atoms with Gasteiger partial charge in [-0.2, -0.15) is 0 Å². The third kappa shape index (κ3) is 5.42. The molecule has 0 spiro atoms. The highest BCUT2D eigenvalue weighted by Gasteiger charge is 2.35. The van der Waals surface area contributed by atoms with Gasteiger partial charge in [0.2, 0.25) is 5.91 Å². The number of aliphatic hydroxyl groups is 1. The molecule has 3 N–H and O–H groups in total. The SMILES string of the molecule is O=C(O)CC1(O)CCN(C(=O)CCCCc2ccc3c(n2)NCCC3)CC1. The molecule has 1 amide bonds. The maximum atomic E-state index is 12.3. The molecule has 7 nitrogen and oxygen atoms in total. The third-order valence-electron chi connectivity index (χ3n) is 5.55. The fourth-order valence-corrected chi connectivity index (χ4v) is 3.88. The zero-order valence-electron chi connectivity index (χ0n) is 15.7. The summed E-state index contributed by atoms with van der Waals surface area (Å²) in [5.74, 6) is 0.104. The van der Waals surface area contributed by atoms with E-state index in [1.54, 1.807) is 4.90 Å². The molecule has 2 aliphatic rings. The van der Waals surface area contributed by atoms with E-state index >= 15 is 0 Å². The van der Waals surface area contributed by atoms with Crippen molar-refractivity contribution in [2.24, 2.45) is 0 Å². The number of nitrogens with zero attached hydrogens (tertiary/aromatic N) is 2. The molecule has 3 heterocycles. The van der Waals surface area contributed by atoms with Crippen LogP contribution >= 0.6 is 0 Å². The number of aromatic nitrogens is 1. The van der Waals surface area contributed by atoms with Crippen LogP contribution in [0.25, 0.3) is 0 Å². The Labute approximate surface area is 159 Å². The predicted molar refractivity (Wildman–Crippen MR) is 102 cm³/mol. The first kappa shape index (κ1) is 19.6. The van der Waals surface area contributed by atoms with Gasteiger partial charge >= 0.3 is 5.97 Å². The number of carboxylic acid groups (broad SMARTS) is 1. The molecule has 2 aliphatic heterocycles. The van der Waals surface area contributed by atoms with Crippen LogP contribution in [0.3, 0.4) is 0 Å². The summed E-state index contributed by atoms with van der Waals surface area (Å²) in [6, 6.07) is 4.24. The number of unbranched alkanes of at least 4 members (excludes halogenated alkanes) is 1. The number of carbonyl (C=O) groups is 2. The standard InChI is InChI=1S/C20H29N3O4/c24-17(23-12-9-20(27,10-13-23)14-18(25)26)6-2-1-5-16-8-7-15-4-3-11-21-19(15)22-16/h7-8,27H,1-6,9-14H2,(H,21,22)(H,25,26). The van der Waals surface area contributed by atoms with Crippen LogP contribution < -0.4 is 5.32 Å². The Hall–Kier alpha value is -2.15. The number of hydrogen-bond acceptors (Lipinski definition) is 5. The normalized spacial score (nSPS) is 18.5. The van der Waals surface area contributed by atoms with Crippen molar-refractivity contribution in [3.8, 4) is 0 Å². The lowest BCUT2D eigenvalue weighted by atomic mass is 9.88. The lowest BCUT2D eigenvalue weighted by molar-refractivity contribution is -0.146. The van der Waals surface area contributed by atoms with Gasteiger partial charge in [0.15, 0.2) is 0 Å². The van der Waals surface area contributed by atoms with Crippen LogP contribution in [-0.4, -0.2) is 57.2 Å². The summed E-state index contributed by atoms with van der Waals surface area (Å²) in [7, 11) is 0. The monoisotopic (exact) mass is 375 g/mol. The summed E-state index contributed by atoms with van der Waals surface area (Å²) in [5.41, 5.74) is 1.18. The number of anilines is 1. The van der Waals surface area contributed by atoms with Gasteiger partial charge in [0, 0.05) is 31.7 Å². The highest BCUT2D eigenvalue weighted by molar-refractivity contribution is 5.76. The number of fused-ring (bicyclic) bond motifs is 1. The van der Waals surface area contributed by atoms with Gasteiger partial charge in [-0.15, -0.1) is 0 Å². The van der Waals surface area contributed by atoms with Gasteiger partial charge < -0.3 is 20.4 Å². The molecule has 27 heavy (non-hydrogen) atoms. The molecule has 1 saturated heterocycles. The summed E-state index contributed by atoms with van der Waals surface area (Å²) >= 11 is 0. The lowest BCUT2D eigenvalue weighted by Gasteiger charge is -2.37. The van der Waals surface area contributed by atoms with Gasteiger partial charge in [-0.3, -0.25) is 9.59 Å². The molecule has 0 radical (unpaired) electrons. The molecule has 1 aromatic heterocycles. The Balaban J connectivity index is 1.37. The van der Waals surface area contributed by atoms with Crippen molar-refractivity contribution in [3.05, 3.63) is 23.4 Å². The second-order valence-electron chi connectivity index (χ2n) is 7.72. The number of rotatable bonds is 7. The summed E-state index contributed by atoms with van der Waals surface area (Å²) in [4.78, 5) is 29.6. The molecule has 0 bridgehead atoms. The van der Waals surface area contributed by atoms with E-state index in [0.29, 0.717) is 32.4 Å². The molecule has 3 rings (SSSR count). The van der Waals surface area contributed by atoms with E-state index in [1.165, 1.54) is 5.56 Å². The molecular weight excluding hydrogens is 346 g/mol. The number of piperidine rings is 1. The van der Waals surface area contributed by atoms with Crippen molar-refractivity contribution in [3.63, 3.8) is 0 Å². The zero-order chi connectivity index (χ0) is 19.3. The zero-order valence-corrected chi connectivity index (χ0v) is 15.7. The van der Waals surface area contributed by atoms with Crippen molar-refractivity contribution < 1.29 is 19.8 Å². The minimum absolute atomic E-state index is 0.0902. The quantitative estimate of drug-likeness (QED) is 0.630. The van der Waals surface area contributed by atoms with E-state index in [2.05, 4.69) is 22.4 Å². The minimum atomic E-state index is -1.17. The highest BCUT2D eigenvalue weighted by Crippen LogP contribution is 2.26. The number of carboxylic acids is 1. The average Bonchev–Trinajstić information content (AvgIpc) is 2.64. The van der Waals surface area contributed by atoms with Crippen molar-refractivity contribution in [1.82, 2.24) is 9.88 Å². The molecule has 148 valence electrons. The minimum Gasteiger partial charge on any atom is -0.481 e. The number of likely N-dealkylation sites (tertiary alicyclic amines) is 1. The van der Waals surface area contributed by atoms with Gasteiger partial charge in [0.05, 0.1) is 12.0 Å². The fraction of sp³-hybridized carbons (Fsp3) is 0.650. The maximum absolute atomic E-state index is 12.3. The van der Waals surface area contributed by atoms with E-state index in [9.17, 15) is 14.7 Å². The Morgan fingerprint density at radius 1 is 1.22 bits per heavy atom. The third-order valence-corrected chi connectivity index (χ3v) is 5.55. The van der Waals surface area contributed by atoms with Crippen molar-refractivity contribution >= 4 is 17.7 Å². The van der Waals surface area contributed by atoms with Gasteiger partial charge in [-0.05, 0) is 56.6 Å². The molecule has 0 aliphatic carbocycles. The second kappa shape index (κ2) is 8.69. The molecule has 1 aromatic rings. The predicted octanol–water partition coefficient (Wildman–Crippen LogP) is 1.98. The number of nitrogens with one attached hydrogen (secondary N) is 1. The summed E-state index contributed by atoms with van der Waals surface area (Å²) < 4.78 is 0. The van der Waals surface area contributed by atoms with Crippen molar-refractivity contribution in [2.75, 3.05) is 25.0 Å². The van der Waals surface area contributed by atoms with Gasteiger partial charge in [-0.1, -0.05) is 6.07 Å². The topological polar surface area (TPSA) is 103 Å². The van der Waals surface area contributed by atoms with Crippen LogP contribution in [0.4, 0.5) is 5.82 Å². The summed E-state index contributed by atoms with van der Waals surface area (Å²) in [5, 5.41) is 22.4. The van der Waals surface area contributed by atoms with Crippen LogP contribution in [0.5, 0.6) is 0 Å². The highest BCUT2D eigenvalue weighted by atomic mass is 16.4. The Morgan fingerprint density at radius 2 is 2.00 bits per heavy atom. The Bertz CT molecular complexity index is 684. The van der Waals surface area contributed by atoms with Gasteiger partial charge in [-0.25, -0.2) is 4.98 Å². The molecule has 0 aromatic carbocycles. The summed E-state index contributed by atoms with van der Waals surface area (Å²) in [6.07, 6.45) is 5.71. The van der Waals surface area contributed by atoms with E-state index in [-0.39, 0.29) is 12.3 Å². The number of aryl methyl sites for hydroxylation is 2. The van der Waals surface area contributed by atoms with Crippen molar-refractivity contribution in [1.29, 1.82) is 0 Å². The number of carbonyl (C=O) groups excluding carboxylic acids is 1. The number of hydrogen-bond donors (Lipinski definition) is 3. The lowest BCUT2D eigenvalue weighted by Crippen LogP contribution is -2.47. The number of aliphatic carboxylic acids is 1. The van der Waals surface area contributed by atoms with E-state index < -0.39 is 11.6 Å². The molecular formula is C20H29N3O4.